The van der Waals surface area contributed by atoms with Crippen LogP contribution in [0.25, 0.3) is 0 Å². The summed E-state index contributed by atoms with van der Waals surface area (Å²) in [4.78, 5) is 21.1. The Bertz CT molecular complexity index is 696. The van der Waals surface area contributed by atoms with Crippen molar-refractivity contribution in [3.63, 3.8) is 0 Å². The predicted octanol–water partition coefficient (Wildman–Crippen LogP) is 3.50. The number of nitrogens with one attached hydrogen (secondary N) is 2. The highest BCUT2D eigenvalue weighted by Crippen LogP contribution is 2.21. The monoisotopic (exact) mass is 338 g/mol. The number of hydrogen-bond acceptors (Lipinski definition) is 4. The van der Waals surface area contributed by atoms with Gasteiger partial charge in [0.15, 0.2) is 0 Å². The average Bonchev–Trinajstić information content (AvgIpc) is 3.12. The number of carbonyl (C=O) groups excluding carboxylic acids is 1. The molecular weight excluding hydrogens is 312 g/mol. The summed E-state index contributed by atoms with van der Waals surface area (Å²) < 4.78 is 0. The van der Waals surface area contributed by atoms with Gasteiger partial charge >= 0.3 is 0 Å². The van der Waals surface area contributed by atoms with E-state index in [-0.39, 0.29) is 5.91 Å². The summed E-state index contributed by atoms with van der Waals surface area (Å²) in [6, 6.07) is 12.5. The second-order valence-electron chi connectivity index (χ2n) is 6.66. The second kappa shape index (κ2) is 8.60. The van der Waals surface area contributed by atoms with Crippen LogP contribution in [0.5, 0.6) is 0 Å². The number of aryl methyl sites for hydroxylation is 2. The number of benzene rings is 1. The number of nitrogens with zero attached hydrogens (tertiary/aromatic N) is 2. The molecule has 1 saturated carbocycles. The van der Waals surface area contributed by atoms with Gasteiger partial charge in [-0.05, 0) is 38.2 Å². The van der Waals surface area contributed by atoms with Crippen molar-refractivity contribution in [2.45, 2.75) is 51.5 Å². The minimum Gasteiger partial charge on any atom is -0.367 e. The Morgan fingerprint density at radius 3 is 2.68 bits per heavy atom. The summed E-state index contributed by atoms with van der Waals surface area (Å²) in [6.07, 6.45) is 6.73. The number of amides is 1. The number of hydrogen-bond donors (Lipinski definition) is 2. The fraction of sp³-hybridized carbons (Fsp3) is 0.450. The third kappa shape index (κ3) is 5.28. The van der Waals surface area contributed by atoms with Crippen LogP contribution in [0.4, 0.5) is 5.82 Å². The van der Waals surface area contributed by atoms with Crippen LogP contribution >= 0.6 is 0 Å². The van der Waals surface area contributed by atoms with Gasteiger partial charge < -0.3 is 10.6 Å². The first-order valence-corrected chi connectivity index (χ1v) is 9.15. The SMILES string of the molecule is Cc1nc(NC2CCCC2)cc(C(=O)NCCCc2ccccc2)n1. The molecule has 0 radical (unpaired) electrons. The number of aromatic nitrogens is 2. The Kier molecular flexibility index (Phi) is 5.99. The number of anilines is 1. The fourth-order valence-corrected chi connectivity index (χ4v) is 3.27. The summed E-state index contributed by atoms with van der Waals surface area (Å²) in [5.41, 5.74) is 1.73. The van der Waals surface area contributed by atoms with Crippen LogP contribution in [0.15, 0.2) is 36.4 Å². The lowest BCUT2D eigenvalue weighted by Crippen LogP contribution is -2.26. The minimum absolute atomic E-state index is 0.131. The zero-order valence-electron chi connectivity index (χ0n) is 14.8. The van der Waals surface area contributed by atoms with Gasteiger partial charge in [-0.15, -0.1) is 0 Å². The van der Waals surface area contributed by atoms with E-state index in [4.69, 9.17) is 0 Å². The van der Waals surface area contributed by atoms with Crippen molar-refractivity contribution < 1.29 is 4.79 Å². The zero-order valence-corrected chi connectivity index (χ0v) is 14.8. The van der Waals surface area contributed by atoms with Crippen LogP contribution in [-0.4, -0.2) is 28.5 Å². The van der Waals surface area contributed by atoms with Gasteiger partial charge in [-0.2, -0.15) is 0 Å². The summed E-state index contributed by atoms with van der Waals surface area (Å²) in [6.45, 7) is 2.47. The molecule has 1 aliphatic rings. The van der Waals surface area contributed by atoms with Gasteiger partial charge in [-0.25, -0.2) is 9.97 Å². The molecule has 1 heterocycles. The Labute approximate surface area is 149 Å². The van der Waals surface area contributed by atoms with E-state index in [1.54, 1.807) is 6.07 Å². The molecule has 0 bridgehead atoms. The molecule has 0 unspecified atom stereocenters. The molecule has 0 spiro atoms. The largest absolute Gasteiger partial charge is 0.367 e. The molecule has 25 heavy (non-hydrogen) atoms. The van der Waals surface area contributed by atoms with Crippen molar-refractivity contribution in [1.82, 2.24) is 15.3 Å². The standard InChI is InChI=1S/C20H26N4O/c1-15-22-18(14-19(23-15)24-17-11-5-6-12-17)20(25)21-13-7-10-16-8-3-2-4-9-16/h2-4,8-9,14,17H,5-7,10-13H2,1H3,(H,21,25)(H,22,23,24). The van der Waals surface area contributed by atoms with E-state index in [0.717, 1.165) is 18.7 Å². The molecule has 1 aromatic carbocycles. The van der Waals surface area contributed by atoms with Gasteiger partial charge in [0.05, 0.1) is 0 Å². The minimum atomic E-state index is -0.131. The molecule has 5 heteroatoms. The molecule has 1 fully saturated rings. The van der Waals surface area contributed by atoms with E-state index in [1.807, 2.05) is 25.1 Å². The van der Waals surface area contributed by atoms with Gasteiger partial charge in [0.25, 0.3) is 5.91 Å². The highest BCUT2D eigenvalue weighted by Gasteiger charge is 2.16. The highest BCUT2D eigenvalue weighted by atomic mass is 16.1. The summed E-state index contributed by atoms with van der Waals surface area (Å²) >= 11 is 0. The molecule has 2 aromatic rings. The van der Waals surface area contributed by atoms with Crippen LogP contribution in [0.1, 0.15) is 54.0 Å². The van der Waals surface area contributed by atoms with Crippen LogP contribution in [0, 0.1) is 6.92 Å². The topological polar surface area (TPSA) is 66.9 Å². The van der Waals surface area contributed by atoms with Crippen molar-refractivity contribution >= 4 is 11.7 Å². The lowest BCUT2D eigenvalue weighted by atomic mass is 10.1. The molecule has 3 rings (SSSR count). The summed E-state index contributed by atoms with van der Waals surface area (Å²) in [7, 11) is 0. The summed E-state index contributed by atoms with van der Waals surface area (Å²) in [5, 5.41) is 6.39. The molecular formula is C20H26N4O. The quantitative estimate of drug-likeness (QED) is 0.758. The maximum atomic E-state index is 12.4. The Morgan fingerprint density at radius 1 is 1.16 bits per heavy atom. The van der Waals surface area contributed by atoms with Crippen molar-refractivity contribution in [3.05, 3.63) is 53.5 Å². The van der Waals surface area contributed by atoms with Gasteiger partial charge in [-0.1, -0.05) is 43.2 Å². The lowest BCUT2D eigenvalue weighted by molar-refractivity contribution is 0.0948. The molecule has 0 atom stereocenters. The highest BCUT2D eigenvalue weighted by molar-refractivity contribution is 5.92. The Morgan fingerprint density at radius 2 is 1.92 bits per heavy atom. The third-order valence-corrected chi connectivity index (χ3v) is 4.55. The normalized spacial score (nSPS) is 14.4. The molecule has 1 aliphatic carbocycles. The first-order chi connectivity index (χ1) is 12.2. The zero-order chi connectivity index (χ0) is 17.5. The van der Waals surface area contributed by atoms with E-state index in [2.05, 4.69) is 32.7 Å². The van der Waals surface area contributed by atoms with Gasteiger partial charge in [0.2, 0.25) is 0 Å². The molecule has 5 nitrogen and oxygen atoms in total. The first kappa shape index (κ1) is 17.4. The van der Waals surface area contributed by atoms with E-state index >= 15 is 0 Å². The smallest absolute Gasteiger partial charge is 0.270 e. The molecule has 0 saturated heterocycles. The predicted molar refractivity (Wildman–Crippen MR) is 99.7 cm³/mol. The molecule has 2 N–H and O–H groups in total. The maximum absolute atomic E-state index is 12.4. The molecule has 132 valence electrons. The molecule has 1 aromatic heterocycles. The lowest BCUT2D eigenvalue weighted by Gasteiger charge is -2.14. The van der Waals surface area contributed by atoms with E-state index < -0.39 is 0 Å². The van der Waals surface area contributed by atoms with Gasteiger partial charge in [-0.3, -0.25) is 4.79 Å². The molecule has 1 amide bonds. The third-order valence-electron chi connectivity index (χ3n) is 4.55. The van der Waals surface area contributed by atoms with Crippen molar-refractivity contribution in [3.8, 4) is 0 Å². The van der Waals surface area contributed by atoms with Gasteiger partial charge in [0, 0.05) is 18.7 Å². The number of rotatable bonds is 7. The van der Waals surface area contributed by atoms with E-state index in [9.17, 15) is 4.79 Å². The van der Waals surface area contributed by atoms with Crippen LogP contribution < -0.4 is 10.6 Å². The van der Waals surface area contributed by atoms with Crippen molar-refractivity contribution in [2.24, 2.45) is 0 Å². The van der Waals surface area contributed by atoms with Crippen molar-refractivity contribution in [2.75, 3.05) is 11.9 Å². The molecule has 0 aliphatic heterocycles. The van der Waals surface area contributed by atoms with Crippen LogP contribution in [0.3, 0.4) is 0 Å². The second-order valence-corrected chi connectivity index (χ2v) is 6.66. The van der Waals surface area contributed by atoms with Crippen molar-refractivity contribution in [1.29, 1.82) is 0 Å². The Hall–Kier alpha value is -2.43. The van der Waals surface area contributed by atoms with E-state index in [0.29, 0.717) is 24.1 Å². The van der Waals surface area contributed by atoms with Crippen LogP contribution in [0.2, 0.25) is 0 Å². The maximum Gasteiger partial charge on any atom is 0.270 e. The van der Waals surface area contributed by atoms with Crippen LogP contribution in [-0.2, 0) is 6.42 Å². The summed E-state index contributed by atoms with van der Waals surface area (Å²) in [5.74, 6) is 1.25. The number of carbonyl (C=O) groups is 1. The average molecular weight is 338 g/mol. The van der Waals surface area contributed by atoms with Gasteiger partial charge in [0.1, 0.15) is 17.3 Å². The Balaban J connectivity index is 1.51. The fourth-order valence-electron chi connectivity index (χ4n) is 3.27. The first-order valence-electron chi connectivity index (χ1n) is 9.15. The van der Waals surface area contributed by atoms with E-state index in [1.165, 1.54) is 31.2 Å².